The van der Waals surface area contributed by atoms with Crippen LogP contribution in [0.3, 0.4) is 0 Å². The van der Waals surface area contributed by atoms with Gasteiger partial charge in [0.2, 0.25) is 0 Å². The van der Waals surface area contributed by atoms with Crippen LogP contribution in [0.25, 0.3) is 0 Å². The highest BCUT2D eigenvalue weighted by atomic mass is 15.3. The molecule has 1 aliphatic rings. The van der Waals surface area contributed by atoms with E-state index in [-0.39, 0.29) is 6.04 Å². The first kappa shape index (κ1) is 7.73. The minimum Gasteiger partial charge on any atom is -0.327 e. The van der Waals surface area contributed by atoms with E-state index < -0.39 is 0 Å². The van der Waals surface area contributed by atoms with Gasteiger partial charge in [-0.1, -0.05) is 6.42 Å². The lowest BCUT2D eigenvalue weighted by molar-refractivity contribution is 0.545. The fourth-order valence-corrected chi connectivity index (χ4v) is 1.95. The van der Waals surface area contributed by atoms with E-state index in [4.69, 9.17) is 5.73 Å². The summed E-state index contributed by atoms with van der Waals surface area (Å²) in [5.41, 5.74) is 5.96. The van der Waals surface area contributed by atoms with Crippen LogP contribution in [0.2, 0.25) is 0 Å². The lowest BCUT2D eigenvalue weighted by Gasteiger charge is -2.13. The molecule has 66 valence electrons. The van der Waals surface area contributed by atoms with Gasteiger partial charge in [-0.05, 0) is 12.8 Å². The average Bonchev–Trinajstić information content (AvgIpc) is 2.59. The highest BCUT2D eigenvalue weighted by Crippen LogP contribution is 2.31. The van der Waals surface area contributed by atoms with Gasteiger partial charge in [0.05, 0.1) is 0 Å². The number of aryl methyl sites for hydroxylation is 1. The Morgan fingerprint density at radius 2 is 2.42 bits per heavy atom. The molecule has 2 atom stereocenters. The molecule has 0 aliphatic heterocycles. The molecule has 0 aromatic carbocycles. The van der Waals surface area contributed by atoms with Gasteiger partial charge in [0.1, 0.15) is 12.2 Å². The molecule has 1 aromatic heterocycles. The first-order valence-electron chi connectivity index (χ1n) is 4.38. The Morgan fingerprint density at radius 1 is 1.58 bits per heavy atom. The van der Waals surface area contributed by atoms with Crippen molar-refractivity contribution in [3.63, 3.8) is 0 Å². The minimum atomic E-state index is 0.285. The van der Waals surface area contributed by atoms with Crippen LogP contribution in [-0.2, 0) is 7.05 Å². The van der Waals surface area contributed by atoms with Crippen molar-refractivity contribution in [2.75, 3.05) is 0 Å². The number of nitrogens with two attached hydrogens (primary N) is 1. The number of nitrogens with zero attached hydrogens (tertiary/aromatic N) is 3. The smallest absolute Gasteiger partial charge is 0.138 e. The maximum absolute atomic E-state index is 5.96. The van der Waals surface area contributed by atoms with Crippen molar-refractivity contribution in [2.45, 2.75) is 31.2 Å². The van der Waals surface area contributed by atoms with E-state index in [2.05, 4.69) is 10.1 Å². The van der Waals surface area contributed by atoms with Gasteiger partial charge in [0.15, 0.2) is 0 Å². The molecule has 12 heavy (non-hydrogen) atoms. The third kappa shape index (κ3) is 1.12. The van der Waals surface area contributed by atoms with Gasteiger partial charge in [-0.15, -0.1) is 0 Å². The van der Waals surface area contributed by atoms with Crippen LogP contribution in [0.15, 0.2) is 6.33 Å². The van der Waals surface area contributed by atoms with Crippen molar-refractivity contribution in [3.05, 3.63) is 12.2 Å². The second-order valence-corrected chi connectivity index (χ2v) is 3.44. The zero-order valence-corrected chi connectivity index (χ0v) is 7.27. The topological polar surface area (TPSA) is 56.7 Å². The monoisotopic (exact) mass is 166 g/mol. The standard InChI is InChI=1S/C8H14N4/c1-12-8(10-5-11-12)6-3-2-4-7(6)9/h5-7H,2-4,9H2,1H3. The Hall–Kier alpha value is -0.900. The molecular weight excluding hydrogens is 152 g/mol. The highest BCUT2D eigenvalue weighted by molar-refractivity contribution is 5.03. The summed E-state index contributed by atoms with van der Waals surface area (Å²) in [6.45, 7) is 0. The van der Waals surface area contributed by atoms with E-state index in [0.717, 1.165) is 18.7 Å². The number of hydrogen-bond acceptors (Lipinski definition) is 3. The largest absolute Gasteiger partial charge is 0.327 e. The van der Waals surface area contributed by atoms with Gasteiger partial charge >= 0.3 is 0 Å². The van der Waals surface area contributed by atoms with E-state index in [1.165, 1.54) is 6.42 Å². The van der Waals surface area contributed by atoms with Crippen molar-refractivity contribution >= 4 is 0 Å². The molecule has 1 aliphatic carbocycles. The van der Waals surface area contributed by atoms with E-state index in [9.17, 15) is 0 Å². The molecule has 0 saturated heterocycles. The normalized spacial score (nSPS) is 29.5. The van der Waals surface area contributed by atoms with E-state index >= 15 is 0 Å². The number of rotatable bonds is 1. The molecule has 4 nitrogen and oxygen atoms in total. The number of aromatic nitrogens is 3. The van der Waals surface area contributed by atoms with E-state index in [1.807, 2.05) is 11.7 Å². The summed E-state index contributed by atoms with van der Waals surface area (Å²) in [5.74, 6) is 1.47. The Bertz CT molecular complexity index is 268. The van der Waals surface area contributed by atoms with E-state index in [0.29, 0.717) is 5.92 Å². The van der Waals surface area contributed by atoms with Crippen molar-refractivity contribution in [3.8, 4) is 0 Å². The van der Waals surface area contributed by atoms with Crippen LogP contribution >= 0.6 is 0 Å². The summed E-state index contributed by atoms with van der Waals surface area (Å²) in [6.07, 6.45) is 5.10. The molecule has 0 spiro atoms. The van der Waals surface area contributed by atoms with E-state index in [1.54, 1.807) is 6.33 Å². The molecule has 1 fully saturated rings. The predicted molar refractivity (Wildman–Crippen MR) is 45.6 cm³/mol. The van der Waals surface area contributed by atoms with Gasteiger partial charge in [0.25, 0.3) is 0 Å². The Labute approximate surface area is 71.8 Å². The molecule has 1 heterocycles. The number of hydrogen-bond donors (Lipinski definition) is 1. The Balaban J connectivity index is 2.24. The molecule has 1 saturated carbocycles. The highest BCUT2D eigenvalue weighted by Gasteiger charge is 2.28. The maximum Gasteiger partial charge on any atom is 0.138 e. The minimum absolute atomic E-state index is 0.285. The Morgan fingerprint density at radius 3 is 2.92 bits per heavy atom. The molecule has 1 aromatic rings. The second-order valence-electron chi connectivity index (χ2n) is 3.44. The molecule has 2 rings (SSSR count). The van der Waals surface area contributed by atoms with Gasteiger partial charge in [0, 0.05) is 19.0 Å². The van der Waals surface area contributed by atoms with Crippen LogP contribution in [0.5, 0.6) is 0 Å². The average molecular weight is 166 g/mol. The van der Waals surface area contributed by atoms with Crippen molar-refractivity contribution < 1.29 is 0 Å². The summed E-state index contributed by atoms with van der Waals surface area (Å²) in [6, 6.07) is 0.285. The van der Waals surface area contributed by atoms with Crippen molar-refractivity contribution in [1.82, 2.24) is 14.8 Å². The predicted octanol–water partition coefficient (Wildman–Crippen LogP) is 0.410. The molecule has 2 N–H and O–H groups in total. The summed E-state index contributed by atoms with van der Waals surface area (Å²) in [5, 5.41) is 4.05. The van der Waals surface area contributed by atoms with Crippen LogP contribution in [0, 0.1) is 0 Å². The van der Waals surface area contributed by atoms with Crippen molar-refractivity contribution in [1.29, 1.82) is 0 Å². The third-order valence-electron chi connectivity index (χ3n) is 2.65. The lowest BCUT2D eigenvalue weighted by atomic mass is 10.0. The van der Waals surface area contributed by atoms with Gasteiger partial charge in [-0.2, -0.15) is 5.10 Å². The molecular formula is C8H14N4. The van der Waals surface area contributed by atoms with Gasteiger partial charge < -0.3 is 5.73 Å². The summed E-state index contributed by atoms with van der Waals surface area (Å²) in [4.78, 5) is 4.22. The summed E-state index contributed by atoms with van der Waals surface area (Å²) >= 11 is 0. The Kier molecular flexibility index (Phi) is 1.84. The molecule has 0 amide bonds. The van der Waals surface area contributed by atoms with Crippen LogP contribution in [0.1, 0.15) is 31.0 Å². The lowest BCUT2D eigenvalue weighted by Crippen LogP contribution is -2.25. The third-order valence-corrected chi connectivity index (χ3v) is 2.65. The van der Waals surface area contributed by atoms with Crippen LogP contribution < -0.4 is 5.73 Å². The van der Waals surface area contributed by atoms with Crippen molar-refractivity contribution in [2.24, 2.45) is 12.8 Å². The maximum atomic E-state index is 5.96. The zero-order valence-electron chi connectivity index (χ0n) is 7.27. The first-order chi connectivity index (χ1) is 5.79. The SMILES string of the molecule is Cn1ncnc1C1CCCC1N. The summed E-state index contributed by atoms with van der Waals surface area (Å²) < 4.78 is 1.83. The zero-order chi connectivity index (χ0) is 8.55. The molecule has 0 bridgehead atoms. The molecule has 2 unspecified atom stereocenters. The quantitative estimate of drug-likeness (QED) is 0.657. The van der Waals surface area contributed by atoms with Gasteiger partial charge in [-0.3, -0.25) is 4.68 Å². The first-order valence-corrected chi connectivity index (χ1v) is 4.38. The van der Waals surface area contributed by atoms with Gasteiger partial charge in [-0.25, -0.2) is 4.98 Å². The fourth-order valence-electron chi connectivity index (χ4n) is 1.95. The second kappa shape index (κ2) is 2.86. The molecule has 0 radical (unpaired) electrons. The fraction of sp³-hybridized carbons (Fsp3) is 0.750. The van der Waals surface area contributed by atoms with Crippen LogP contribution in [0.4, 0.5) is 0 Å². The van der Waals surface area contributed by atoms with Crippen LogP contribution in [-0.4, -0.2) is 20.8 Å². The summed E-state index contributed by atoms with van der Waals surface area (Å²) in [7, 11) is 1.92. The molecule has 4 heteroatoms.